The summed E-state index contributed by atoms with van der Waals surface area (Å²) in [7, 11) is 0. The summed E-state index contributed by atoms with van der Waals surface area (Å²) >= 11 is 0. The Kier molecular flexibility index (Phi) is 7.11. The third-order valence-electron chi connectivity index (χ3n) is 4.93. The fraction of sp³-hybridized carbons (Fsp3) is 0.500. The van der Waals surface area contributed by atoms with Crippen LogP contribution in [0.15, 0.2) is 49.1 Å². The number of hydrogen-bond acceptors (Lipinski definition) is 0. The summed E-state index contributed by atoms with van der Waals surface area (Å²) in [6, 6.07) is 0.364. The fourth-order valence-electron chi connectivity index (χ4n) is 2.77. The zero-order chi connectivity index (χ0) is 29.1. The Morgan fingerprint density at radius 1 is 0.541 bits per heavy atom. The molecule has 0 fully saturated rings. The van der Waals surface area contributed by atoms with Crippen LogP contribution in [0.25, 0.3) is 0 Å². The van der Waals surface area contributed by atoms with Gasteiger partial charge in [0.1, 0.15) is 18.9 Å². The van der Waals surface area contributed by atoms with Crippen molar-refractivity contribution in [3.63, 3.8) is 0 Å². The molecular formula is C18H10F17N2+. The summed E-state index contributed by atoms with van der Waals surface area (Å²) in [4.78, 5) is 0. The van der Waals surface area contributed by atoms with Gasteiger partial charge in [-0.2, -0.15) is 79.2 Å². The SMILES string of the molecule is FC(F)(F)C(F)(F)C(F)(F)C(F)(F)C(F)(F)C(F)(F)C(F)(F)C(F)(F)n1cc[n+](Cc2ccccc2)c1. The molecule has 0 atom stereocenters. The van der Waals surface area contributed by atoms with Crippen molar-refractivity contribution in [2.24, 2.45) is 0 Å². The first-order chi connectivity index (χ1) is 16.3. The maximum Gasteiger partial charge on any atom is 0.469 e. The molecule has 1 aromatic heterocycles. The van der Waals surface area contributed by atoms with Gasteiger partial charge in [0.05, 0.1) is 0 Å². The van der Waals surface area contributed by atoms with Crippen LogP contribution in [0.2, 0.25) is 0 Å². The zero-order valence-electron chi connectivity index (χ0n) is 17.1. The summed E-state index contributed by atoms with van der Waals surface area (Å²) in [6.07, 6.45) is -7.55. The lowest BCUT2D eigenvalue weighted by molar-refractivity contribution is -0.688. The predicted octanol–water partition coefficient (Wildman–Crippen LogP) is 6.75. The molecule has 1 heterocycles. The Hall–Kier alpha value is -2.76. The number of imidazole rings is 1. The van der Waals surface area contributed by atoms with E-state index in [9.17, 15) is 74.6 Å². The van der Waals surface area contributed by atoms with Crippen LogP contribution in [0, 0.1) is 0 Å². The lowest BCUT2D eigenvalue weighted by atomic mass is 9.90. The van der Waals surface area contributed by atoms with Gasteiger partial charge in [0, 0.05) is 0 Å². The number of alkyl halides is 17. The highest BCUT2D eigenvalue weighted by molar-refractivity contribution is 5.15. The minimum absolute atomic E-state index is 0.111. The summed E-state index contributed by atoms with van der Waals surface area (Å²) in [5.41, 5.74) is 0.282. The first-order valence-electron chi connectivity index (χ1n) is 9.13. The highest BCUT2D eigenvalue weighted by atomic mass is 19.4. The van der Waals surface area contributed by atoms with Gasteiger partial charge >= 0.3 is 47.8 Å². The number of rotatable bonds is 9. The molecule has 0 aliphatic carbocycles. The van der Waals surface area contributed by atoms with Crippen LogP contribution in [-0.2, 0) is 12.6 Å². The van der Waals surface area contributed by atoms with Crippen molar-refractivity contribution in [2.45, 2.75) is 54.3 Å². The summed E-state index contributed by atoms with van der Waals surface area (Å²) < 4.78 is 227. The predicted molar refractivity (Wildman–Crippen MR) is 86.1 cm³/mol. The highest BCUT2D eigenvalue weighted by Gasteiger charge is 2.96. The van der Waals surface area contributed by atoms with Crippen molar-refractivity contribution in [2.75, 3.05) is 0 Å². The average Bonchev–Trinajstić information content (AvgIpc) is 3.22. The number of nitrogens with zero attached hydrogens (tertiary/aromatic N) is 2. The topological polar surface area (TPSA) is 8.81 Å². The Balaban J connectivity index is 2.54. The molecule has 2 nitrogen and oxygen atoms in total. The van der Waals surface area contributed by atoms with Crippen molar-refractivity contribution in [3.05, 3.63) is 54.6 Å². The molecule has 1 aromatic carbocycles. The summed E-state index contributed by atoms with van der Waals surface area (Å²) in [6.45, 7) is -0.432. The van der Waals surface area contributed by atoms with Crippen molar-refractivity contribution in [1.82, 2.24) is 4.57 Å². The zero-order valence-corrected chi connectivity index (χ0v) is 17.1. The molecule has 19 heteroatoms. The van der Waals surface area contributed by atoms with Gasteiger partial charge in [0.2, 0.25) is 6.33 Å². The Bertz CT molecular complexity index is 1090. The van der Waals surface area contributed by atoms with Crippen molar-refractivity contribution >= 4 is 0 Å². The Morgan fingerprint density at radius 3 is 1.38 bits per heavy atom. The van der Waals surface area contributed by atoms with Crippen LogP contribution in [0.5, 0.6) is 0 Å². The van der Waals surface area contributed by atoms with Crippen LogP contribution in [0.1, 0.15) is 5.56 Å². The van der Waals surface area contributed by atoms with Crippen LogP contribution >= 0.6 is 0 Å². The first kappa shape index (κ1) is 30.5. The molecule has 0 N–H and O–H groups in total. The van der Waals surface area contributed by atoms with Crippen LogP contribution in [-0.4, -0.2) is 46.3 Å². The van der Waals surface area contributed by atoms with E-state index in [2.05, 4.69) is 0 Å². The van der Waals surface area contributed by atoms with E-state index in [0.717, 1.165) is 0 Å². The van der Waals surface area contributed by atoms with Gasteiger partial charge in [0.25, 0.3) is 0 Å². The van der Waals surface area contributed by atoms with Gasteiger partial charge < -0.3 is 0 Å². The van der Waals surface area contributed by atoms with Gasteiger partial charge in [-0.1, -0.05) is 30.3 Å². The molecule has 0 saturated heterocycles. The van der Waals surface area contributed by atoms with E-state index in [0.29, 0.717) is 10.8 Å². The smallest absolute Gasteiger partial charge is 0.232 e. The second-order valence-electron chi connectivity index (χ2n) is 7.46. The van der Waals surface area contributed by atoms with Crippen molar-refractivity contribution < 1.29 is 79.2 Å². The first-order valence-corrected chi connectivity index (χ1v) is 9.13. The third-order valence-corrected chi connectivity index (χ3v) is 4.93. The summed E-state index contributed by atoms with van der Waals surface area (Å²) in [5, 5.41) is 0. The number of hydrogen-bond donors (Lipinski definition) is 0. The van der Waals surface area contributed by atoms with E-state index < -0.39 is 58.9 Å². The van der Waals surface area contributed by atoms with Gasteiger partial charge in [-0.3, -0.25) is 0 Å². The lowest BCUT2D eigenvalue weighted by Gasteiger charge is -2.41. The molecule has 2 aromatic rings. The minimum Gasteiger partial charge on any atom is -0.232 e. The van der Waals surface area contributed by atoms with Crippen molar-refractivity contribution in [3.8, 4) is 0 Å². The number of benzene rings is 1. The van der Waals surface area contributed by atoms with E-state index in [4.69, 9.17) is 0 Å². The molecule has 0 aliphatic heterocycles. The molecule has 210 valence electrons. The molecular weight excluding hydrogens is 567 g/mol. The van der Waals surface area contributed by atoms with E-state index in [1.807, 2.05) is 0 Å². The molecule has 2 rings (SSSR count). The lowest BCUT2D eigenvalue weighted by Crippen LogP contribution is -2.74. The second-order valence-corrected chi connectivity index (χ2v) is 7.46. The normalized spacial score (nSPS) is 15.3. The van der Waals surface area contributed by atoms with Crippen LogP contribution in [0.4, 0.5) is 74.6 Å². The number of aromatic nitrogens is 2. The van der Waals surface area contributed by atoms with Gasteiger partial charge in [-0.15, -0.1) is 0 Å². The van der Waals surface area contributed by atoms with Crippen molar-refractivity contribution in [1.29, 1.82) is 0 Å². The van der Waals surface area contributed by atoms with E-state index >= 15 is 0 Å². The molecule has 0 radical (unpaired) electrons. The highest BCUT2D eigenvalue weighted by Crippen LogP contribution is 2.64. The molecule has 0 spiro atoms. The molecule has 0 saturated carbocycles. The largest absolute Gasteiger partial charge is 0.469 e. The molecule has 0 unspecified atom stereocenters. The molecule has 0 bridgehead atoms. The quantitative estimate of drug-likeness (QED) is 0.231. The monoisotopic (exact) mass is 577 g/mol. The van der Waals surface area contributed by atoms with Gasteiger partial charge in [-0.05, 0) is 5.56 Å². The Labute approximate surface area is 193 Å². The standard InChI is InChI=1S/C18H10F17N2/c19-11(20,13(23,24)15(27,28)17(31,32)33)12(21,22)14(25,26)16(29,30)18(34,35)37-7-6-36(9-37)8-10-4-2-1-3-5-10/h1-7,9H,8H2/q+1. The molecule has 0 amide bonds. The fourth-order valence-corrected chi connectivity index (χ4v) is 2.77. The van der Waals surface area contributed by atoms with Gasteiger partial charge in [-0.25, -0.2) is 4.57 Å². The number of halogens is 17. The minimum atomic E-state index is -8.65. The molecule has 0 aliphatic rings. The van der Waals surface area contributed by atoms with Crippen LogP contribution in [0.3, 0.4) is 0 Å². The second kappa shape index (κ2) is 8.64. The third kappa shape index (κ3) is 4.26. The maximum atomic E-state index is 14.2. The Morgan fingerprint density at radius 2 is 0.946 bits per heavy atom. The van der Waals surface area contributed by atoms with Gasteiger partial charge in [0.15, 0.2) is 0 Å². The average molecular weight is 577 g/mol. The van der Waals surface area contributed by atoms with Crippen LogP contribution < -0.4 is 4.57 Å². The van der Waals surface area contributed by atoms with E-state index in [1.165, 1.54) is 30.3 Å². The van der Waals surface area contributed by atoms with E-state index in [-0.39, 0.29) is 18.1 Å². The summed E-state index contributed by atoms with van der Waals surface area (Å²) in [5.74, 6) is -50.1. The molecule has 37 heavy (non-hydrogen) atoms. The maximum absolute atomic E-state index is 14.2. The van der Waals surface area contributed by atoms with E-state index in [1.54, 1.807) is 0 Å².